The first-order valence-corrected chi connectivity index (χ1v) is 6.47. The van der Waals surface area contributed by atoms with E-state index in [0.717, 1.165) is 24.6 Å². The van der Waals surface area contributed by atoms with Gasteiger partial charge in [-0.15, -0.1) is 0 Å². The third-order valence-electron chi connectivity index (χ3n) is 3.48. The number of hydrogen-bond donors (Lipinski definition) is 0. The van der Waals surface area contributed by atoms with Crippen molar-refractivity contribution in [2.75, 3.05) is 0 Å². The van der Waals surface area contributed by atoms with E-state index in [0.29, 0.717) is 24.7 Å². The van der Waals surface area contributed by atoms with Gasteiger partial charge in [-0.1, -0.05) is 24.9 Å². The highest BCUT2D eigenvalue weighted by molar-refractivity contribution is 5.75. The second-order valence-electron chi connectivity index (χ2n) is 5.22. The molecule has 0 bridgehead atoms. The molecule has 2 atom stereocenters. The lowest BCUT2D eigenvalue weighted by atomic mass is 9.82. The van der Waals surface area contributed by atoms with Crippen molar-refractivity contribution in [1.82, 2.24) is 10.1 Å². The summed E-state index contributed by atoms with van der Waals surface area (Å²) in [4.78, 5) is 15.3. The number of nitrogens with zero attached hydrogens (tertiary/aromatic N) is 2. The van der Waals surface area contributed by atoms with Crippen molar-refractivity contribution in [3.63, 3.8) is 0 Å². The Kier molecular flexibility index (Phi) is 3.92. The van der Waals surface area contributed by atoms with Crippen LogP contribution in [0.1, 0.15) is 63.6 Å². The predicted molar refractivity (Wildman–Crippen MR) is 63.7 cm³/mol. The molecule has 0 radical (unpaired) electrons. The molecule has 0 saturated heterocycles. The highest BCUT2D eigenvalue weighted by atomic mass is 16.5. The molecule has 1 aromatic heterocycles. The van der Waals surface area contributed by atoms with E-state index in [1.165, 1.54) is 12.8 Å². The van der Waals surface area contributed by atoms with Gasteiger partial charge >= 0.3 is 0 Å². The van der Waals surface area contributed by atoms with Crippen LogP contribution in [0.25, 0.3) is 0 Å². The minimum atomic E-state index is 0.163. The van der Waals surface area contributed by atoms with Crippen molar-refractivity contribution >= 4 is 5.78 Å². The summed E-state index contributed by atoms with van der Waals surface area (Å²) >= 11 is 0. The Morgan fingerprint density at radius 3 is 3.00 bits per heavy atom. The fourth-order valence-corrected chi connectivity index (χ4v) is 2.49. The minimum absolute atomic E-state index is 0.163. The largest absolute Gasteiger partial charge is 0.339 e. The Hall–Kier alpha value is -1.19. The van der Waals surface area contributed by atoms with Crippen LogP contribution in [-0.2, 0) is 11.2 Å². The average molecular weight is 236 g/mol. The van der Waals surface area contributed by atoms with Crippen LogP contribution in [0.5, 0.6) is 0 Å². The molecule has 94 valence electrons. The first kappa shape index (κ1) is 12.3. The van der Waals surface area contributed by atoms with Crippen LogP contribution in [-0.4, -0.2) is 15.9 Å². The van der Waals surface area contributed by atoms with Crippen LogP contribution < -0.4 is 0 Å². The Labute approximate surface area is 102 Å². The van der Waals surface area contributed by atoms with E-state index in [-0.39, 0.29) is 5.78 Å². The highest BCUT2D eigenvalue weighted by Gasteiger charge is 2.24. The van der Waals surface area contributed by atoms with Gasteiger partial charge in [0.15, 0.2) is 5.82 Å². The standard InChI is InChI=1S/C13H20N2O2/c1-9-4-3-5-11(8-9)13-14-12(17-15-13)7-6-10(2)16/h9,11H,3-8H2,1-2H3. The van der Waals surface area contributed by atoms with Crippen LogP contribution >= 0.6 is 0 Å². The highest BCUT2D eigenvalue weighted by Crippen LogP contribution is 2.34. The quantitative estimate of drug-likeness (QED) is 0.806. The number of carbonyl (C=O) groups is 1. The molecule has 1 aliphatic rings. The molecule has 0 aliphatic heterocycles. The number of hydrogen-bond acceptors (Lipinski definition) is 4. The number of ketones is 1. The van der Waals surface area contributed by atoms with Gasteiger partial charge in [0.25, 0.3) is 0 Å². The molecule has 17 heavy (non-hydrogen) atoms. The van der Waals surface area contributed by atoms with E-state index >= 15 is 0 Å². The molecule has 1 aromatic rings. The summed E-state index contributed by atoms with van der Waals surface area (Å²) in [7, 11) is 0. The lowest BCUT2D eigenvalue weighted by Crippen LogP contribution is -2.12. The predicted octanol–water partition coefficient (Wildman–Crippen LogP) is 2.88. The molecule has 2 unspecified atom stereocenters. The van der Waals surface area contributed by atoms with E-state index in [4.69, 9.17) is 4.52 Å². The molecule has 4 heteroatoms. The molecule has 4 nitrogen and oxygen atoms in total. The molecule has 0 spiro atoms. The monoisotopic (exact) mass is 236 g/mol. The maximum Gasteiger partial charge on any atom is 0.227 e. The number of Topliss-reactive ketones (excluding diaryl/α,β-unsaturated/α-hetero) is 1. The summed E-state index contributed by atoms with van der Waals surface area (Å²) in [6.07, 6.45) is 5.95. The summed E-state index contributed by atoms with van der Waals surface area (Å²) in [6.45, 7) is 3.86. The third-order valence-corrected chi connectivity index (χ3v) is 3.48. The van der Waals surface area contributed by atoms with Crippen LogP contribution in [0.4, 0.5) is 0 Å². The maximum absolute atomic E-state index is 10.9. The van der Waals surface area contributed by atoms with Crippen molar-refractivity contribution in [3.8, 4) is 0 Å². The fourth-order valence-electron chi connectivity index (χ4n) is 2.49. The molecule has 0 aromatic carbocycles. The second kappa shape index (κ2) is 5.43. The second-order valence-corrected chi connectivity index (χ2v) is 5.22. The first-order chi connectivity index (χ1) is 8.15. The van der Waals surface area contributed by atoms with E-state index in [1.807, 2.05) is 0 Å². The van der Waals surface area contributed by atoms with E-state index < -0.39 is 0 Å². The molecular weight excluding hydrogens is 216 g/mol. The Balaban J connectivity index is 1.95. The van der Waals surface area contributed by atoms with Gasteiger partial charge in [-0.05, 0) is 25.7 Å². The SMILES string of the molecule is CC(=O)CCc1nc(C2CCCC(C)C2)no1. The number of rotatable bonds is 4. The zero-order valence-corrected chi connectivity index (χ0v) is 10.6. The third kappa shape index (κ3) is 3.38. The fraction of sp³-hybridized carbons (Fsp3) is 0.769. The van der Waals surface area contributed by atoms with Gasteiger partial charge in [-0.3, -0.25) is 0 Å². The molecule has 0 N–H and O–H groups in total. The van der Waals surface area contributed by atoms with Crippen molar-refractivity contribution < 1.29 is 9.32 Å². The average Bonchev–Trinajstić information content (AvgIpc) is 2.75. The summed E-state index contributed by atoms with van der Waals surface area (Å²) in [6, 6.07) is 0. The summed E-state index contributed by atoms with van der Waals surface area (Å²) in [5, 5.41) is 4.05. The lowest BCUT2D eigenvalue weighted by molar-refractivity contribution is -0.117. The van der Waals surface area contributed by atoms with Crippen molar-refractivity contribution in [1.29, 1.82) is 0 Å². The Morgan fingerprint density at radius 2 is 2.29 bits per heavy atom. The van der Waals surface area contributed by atoms with Crippen molar-refractivity contribution in [3.05, 3.63) is 11.7 Å². The summed E-state index contributed by atoms with van der Waals surface area (Å²) in [5.41, 5.74) is 0. The van der Waals surface area contributed by atoms with Crippen LogP contribution in [0.15, 0.2) is 4.52 Å². The molecule has 2 rings (SSSR count). The molecular formula is C13H20N2O2. The normalized spacial score (nSPS) is 24.8. The van der Waals surface area contributed by atoms with Gasteiger partial charge in [0, 0.05) is 18.8 Å². The number of aryl methyl sites for hydroxylation is 1. The van der Waals surface area contributed by atoms with E-state index in [9.17, 15) is 4.79 Å². The molecule has 1 heterocycles. The molecule has 1 fully saturated rings. The maximum atomic E-state index is 10.9. The topological polar surface area (TPSA) is 56.0 Å². The van der Waals surface area contributed by atoms with Crippen LogP contribution in [0.2, 0.25) is 0 Å². The Bertz CT molecular complexity index is 387. The van der Waals surface area contributed by atoms with Gasteiger partial charge in [0.2, 0.25) is 5.89 Å². The zero-order valence-electron chi connectivity index (χ0n) is 10.6. The van der Waals surface area contributed by atoms with Gasteiger partial charge in [-0.25, -0.2) is 0 Å². The van der Waals surface area contributed by atoms with Crippen LogP contribution in [0, 0.1) is 5.92 Å². The molecule has 0 amide bonds. The number of carbonyl (C=O) groups excluding carboxylic acids is 1. The van der Waals surface area contributed by atoms with Gasteiger partial charge in [0.05, 0.1) is 0 Å². The summed E-state index contributed by atoms with van der Waals surface area (Å²) < 4.78 is 5.19. The van der Waals surface area contributed by atoms with Crippen molar-refractivity contribution in [2.45, 2.75) is 58.3 Å². The van der Waals surface area contributed by atoms with Crippen LogP contribution in [0.3, 0.4) is 0 Å². The Morgan fingerprint density at radius 1 is 1.47 bits per heavy atom. The van der Waals surface area contributed by atoms with E-state index in [2.05, 4.69) is 17.1 Å². The lowest BCUT2D eigenvalue weighted by Gasteiger charge is -2.23. The number of aromatic nitrogens is 2. The van der Waals surface area contributed by atoms with Gasteiger partial charge in [0.1, 0.15) is 5.78 Å². The van der Waals surface area contributed by atoms with Gasteiger partial charge < -0.3 is 9.32 Å². The van der Waals surface area contributed by atoms with Gasteiger partial charge in [-0.2, -0.15) is 4.98 Å². The smallest absolute Gasteiger partial charge is 0.227 e. The zero-order chi connectivity index (χ0) is 12.3. The van der Waals surface area contributed by atoms with Crippen molar-refractivity contribution in [2.24, 2.45) is 5.92 Å². The molecule has 1 saturated carbocycles. The first-order valence-electron chi connectivity index (χ1n) is 6.47. The minimum Gasteiger partial charge on any atom is -0.339 e. The summed E-state index contributed by atoms with van der Waals surface area (Å²) in [5.74, 6) is 2.82. The molecule has 1 aliphatic carbocycles. The van der Waals surface area contributed by atoms with E-state index in [1.54, 1.807) is 6.92 Å².